The zero-order valence-electron chi connectivity index (χ0n) is 11.3. The molecule has 0 aliphatic heterocycles. The van der Waals surface area contributed by atoms with E-state index in [1.165, 1.54) is 0 Å². The molecule has 0 radical (unpaired) electrons. The molecule has 16 heavy (non-hydrogen) atoms. The van der Waals surface area contributed by atoms with Crippen molar-refractivity contribution in [1.82, 2.24) is 5.32 Å². The third-order valence-corrected chi connectivity index (χ3v) is 4.58. The first-order valence-corrected chi connectivity index (χ1v) is 6.31. The van der Waals surface area contributed by atoms with E-state index < -0.39 is 0 Å². The van der Waals surface area contributed by atoms with E-state index in [-0.39, 0.29) is 22.8 Å². The van der Waals surface area contributed by atoms with Crippen molar-refractivity contribution in [2.45, 2.75) is 53.0 Å². The highest BCUT2D eigenvalue weighted by molar-refractivity contribution is 5.83. The van der Waals surface area contributed by atoms with Gasteiger partial charge < -0.3 is 11.1 Å². The van der Waals surface area contributed by atoms with Gasteiger partial charge in [-0.3, -0.25) is 4.79 Å². The lowest BCUT2D eigenvalue weighted by molar-refractivity contribution is -0.125. The first kappa shape index (κ1) is 13.5. The Morgan fingerprint density at radius 3 is 2.50 bits per heavy atom. The van der Waals surface area contributed by atoms with Gasteiger partial charge in [-0.2, -0.15) is 0 Å². The maximum absolute atomic E-state index is 12.1. The van der Waals surface area contributed by atoms with Crippen LogP contribution in [0.25, 0.3) is 0 Å². The van der Waals surface area contributed by atoms with E-state index in [0.717, 1.165) is 12.8 Å². The van der Waals surface area contributed by atoms with Crippen molar-refractivity contribution in [3.63, 3.8) is 0 Å². The first-order chi connectivity index (χ1) is 7.29. The fourth-order valence-electron chi connectivity index (χ4n) is 2.01. The number of hydrogen-bond donors (Lipinski definition) is 2. The molecule has 0 aromatic rings. The van der Waals surface area contributed by atoms with Gasteiger partial charge in [0.25, 0.3) is 0 Å². The number of nitrogens with one attached hydrogen (secondary N) is 1. The molecule has 0 bridgehead atoms. The normalized spacial score (nSPS) is 32.3. The Morgan fingerprint density at radius 1 is 1.62 bits per heavy atom. The van der Waals surface area contributed by atoms with Crippen LogP contribution in [0.2, 0.25) is 0 Å². The van der Waals surface area contributed by atoms with E-state index in [1.54, 1.807) is 0 Å². The van der Waals surface area contributed by atoms with E-state index in [0.29, 0.717) is 12.5 Å². The van der Waals surface area contributed by atoms with Crippen LogP contribution < -0.4 is 11.1 Å². The Hall–Kier alpha value is -0.570. The minimum absolute atomic E-state index is 0.186. The van der Waals surface area contributed by atoms with Crippen LogP contribution in [0, 0.1) is 17.3 Å². The van der Waals surface area contributed by atoms with Crippen LogP contribution in [0.4, 0.5) is 0 Å². The largest absolute Gasteiger partial charge is 0.349 e. The summed E-state index contributed by atoms with van der Waals surface area (Å²) in [5.41, 5.74) is 5.73. The highest BCUT2D eigenvalue weighted by atomic mass is 16.2. The summed E-state index contributed by atoms with van der Waals surface area (Å²) in [6, 6.07) is 0. The molecule has 3 heteroatoms. The van der Waals surface area contributed by atoms with Gasteiger partial charge in [0.15, 0.2) is 0 Å². The Bertz CT molecular complexity index is 277. The number of nitrogens with two attached hydrogens (primary N) is 1. The molecule has 1 fully saturated rings. The van der Waals surface area contributed by atoms with E-state index in [4.69, 9.17) is 5.73 Å². The molecule has 0 aromatic carbocycles. The average Bonchev–Trinajstić information content (AvgIpc) is 2.91. The van der Waals surface area contributed by atoms with Crippen LogP contribution in [0.1, 0.15) is 47.5 Å². The molecule has 3 atom stereocenters. The quantitative estimate of drug-likeness (QED) is 0.752. The molecule has 1 aliphatic rings. The predicted molar refractivity (Wildman–Crippen MR) is 66.9 cm³/mol. The van der Waals surface area contributed by atoms with Crippen LogP contribution in [0.15, 0.2) is 0 Å². The van der Waals surface area contributed by atoms with Gasteiger partial charge in [0.2, 0.25) is 5.91 Å². The Morgan fingerprint density at radius 2 is 2.19 bits per heavy atom. The molecule has 3 unspecified atom stereocenters. The van der Waals surface area contributed by atoms with Gasteiger partial charge in [-0.1, -0.05) is 27.7 Å². The van der Waals surface area contributed by atoms with Gasteiger partial charge in [0.1, 0.15) is 0 Å². The van der Waals surface area contributed by atoms with Crippen molar-refractivity contribution in [1.29, 1.82) is 0 Å². The van der Waals surface area contributed by atoms with Gasteiger partial charge in [0.05, 0.1) is 5.54 Å². The van der Waals surface area contributed by atoms with Crippen molar-refractivity contribution in [3.8, 4) is 0 Å². The number of hydrogen-bond acceptors (Lipinski definition) is 2. The molecule has 94 valence electrons. The highest BCUT2D eigenvalue weighted by Crippen LogP contribution is 2.54. The maximum Gasteiger partial charge on any atom is 0.224 e. The summed E-state index contributed by atoms with van der Waals surface area (Å²) in [5.74, 6) is 0.737. The van der Waals surface area contributed by atoms with E-state index in [2.05, 4.69) is 33.0 Å². The summed E-state index contributed by atoms with van der Waals surface area (Å²) in [6.07, 6.45) is 2.10. The molecule has 1 rings (SSSR count). The maximum atomic E-state index is 12.1. The van der Waals surface area contributed by atoms with E-state index in [1.807, 2.05) is 6.92 Å². The van der Waals surface area contributed by atoms with Crippen LogP contribution in [-0.2, 0) is 4.79 Å². The third-order valence-electron chi connectivity index (χ3n) is 4.58. The standard InChI is InChI=1S/C13H26N2O/c1-6-12(4)7-10(12)11(16)15-13(5,8-14)9(2)3/h9-10H,6-8,14H2,1-5H3,(H,15,16). The van der Waals surface area contributed by atoms with E-state index in [9.17, 15) is 4.79 Å². The Balaban J connectivity index is 2.59. The SMILES string of the molecule is CCC1(C)CC1C(=O)NC(C)(CN)C(C)C. The molecular formula is C13H26N2O. The van der Waals surface area contributed by atoms with Gasteiger partial charge in [-0.25, -0.2) is 0 Å². The minimum atomic E-state index is -0.270. The number of amides is 1. The van der Waals surface area contributed by atoms with Gasteiger partial charge in [-0.15, -0.1) is 0 Å². The van der Waals surface area contributed by atoms with Crippen molar-refractivity contribution < 1.29 is 4.79 Å². The zero-order valence-corrected chi connectivity index (χ0v) is 11.3. The first-order valence-electron chi connectivity index (χ1n) is 6.31. The van der Waals surface area contributed by atoms with Crippen molar-refractivity contribution in [2.24, 2.45) is 23.0 Å². The van der Waals surface area contributed by atoms with Crippen molar-refractivity contribution in [3.05, 3.63) is 0 Å². The predicted octanol–water partition coefficient (Wildman–Crippen LogP) is 1.91. The number of carbonyl (C=O) groups is 1. The molecular weight excluding hydrogens is 200 g/mol. The zero-order chi connectivity index (χ0) is 12.6. The molecule has 0 saturated heterocycles. The fourth-order valence-corrected chi connectivity index (χ4v) is 2.01. The fraction of sp³-hybridized carbons (Fsp3) is 0.923. The lowest BCUT2D eigenvalue weighted by atomic mass is 9.88. The smallest absolute Gasteiger partial charge is 0.224 e. The topological polar surface area (TPSA) is 55.1 Å². The second-order valence-electron chi connectivity index (χ2n) is 6.03. The molecule has 0 heterocycles. The Kier molecular flexibility index (Phi) is 3.68. The molecule has 1 aliphatic carbocycles. The Labute approximate surface area is 99.2 Å². The summed E-state index contributed by atoms with van der Waals surface area (Å²) >= 11 is 0. The molecule has 3 N–H and O–H groups in total. The molecule has 3 nitrogen and oxygen atoms in total. The highest BCUT2D eigenvalue weighted by Gasteiger charge is 2.53. The number of carbonyl (C=O) groups excluding carboxylic acids is 1. The van der Waals surface area contributed by atoms with Crippen LogP contribution in [0.3, 0.4) is 0 Å². The van der Waals surface area contributed by atoms with E-state index >= 15 is 0 Å². The monoisotopic (exact) mass is 226 g/mol. The summed E-state index contributed by atoms with van der Waals surface area (Å²) in [5, 5.41) is 3.13. The van der Waals surface area contributed by atoms with Gasteiger partial charge >= 0.3 is 0 Å². The van der Waals surface area contributed by atoms with Crippen molar-refractivity contribution >= 4 is 5.91 Å². The second kappa shape index (κ2) is 4.36. The summed E-state index contributed by atoms with van der Waals surface area (Å²) in [7, 11) is 0. The van der Waals surface area contributed by atoms with Crippen LogP contribution in [0.5, 0.6) is 0 Å². The van der Waals surface area contributed by atoms with Crippen molar-refractivity contribution in [2.75, 3.05) is 6.54 Å². The lowest BCUT2D eigenvalue weighted by Crippen LogP contribution is -2.55. The second-order valence-corrected chi connectivity index (χ2v) is 6.03. The lowest BCUT2D eigenvalue weighted by Gasteiger charge is -2.34. The minimum Gasteiger partial charge on any atom is -0.349 e. The van der Waals surface area contributed by atoms with Crippen LogP contribution >= 0.6 is 0 Å². The molecule has 1 saturated carbocycles. The average molecular weight is 226 g/mol. The molecule has 0 spiro atoms. The van der Waals surface area contributed by atoms with Gasteiger partial charge in [-0.05, 0) is 31.1 Å². The summed E-state index contributed by atoms with van der Waals surface area (Å²) < 4.78 is 0. The summed E-state index contributed by atoms with van der Waals surface area (Å²) in [6.45, 7) is 11.1. The summed E-state index contributed by atoms with van der Waals surface area (Å²) in [4.78, 5) is 12.1. The van der Waals surface area contributed by atoms with Gasteiger partial charge in [0, 0.05) is 12.5 Å². The molecule has 0 aromatic heterocycles. The molecule has 1 amide bonds. The van der Waals surface area contributed by atoms with Crippen LogP contribution in [-0.4, -0.2) is 18.0 Å². The third kappa shape index (κ3) is 2.40. The number of rotatable bonds is 5.